The molecule has 32 heavy (non-hydrogen) atoms. The number of hydrogen-bond acceptors (Lipinski definition) is 5. The van der Waals surface area contributed by atoms with Gasteiger partial charge in [0.25, 0.3) is 0 Å². The van der Waals surface area contributed by atoms with Crippen LogP contribution in [-0.4, -0.2) is 72.3 Å². The van der Waals surface area contributed by atoms with Crippen LogP contribution < -0.4 is 10.1 Å². The topological polar surface area (TPSA) is 65.0 Å². The Kier molecular flexibility index (Phi) is 8.49. The van der Waals surface area contributed by atoms with Gasteiger partial charge >= 0.3 is 0 Å². The molecular weight excluding hydrogens is 423 g/mol. The average molecular weight is 451 g/mol. The Morgan fingerprint density at radius 3 is 2.66 bits per heavy atom. The number of nitrogens with zero attached hydrogens (tertiary/aromatic N) is 2. The van der Waals surface area contributed by atoms with Crippen LogP contribution in [0.3, 0.4) is 0 Å². The first-order chi connectivity index (χ1) is 15.3. The lowest BCUT2D eigenvalue weighted by Crippen LogP contribution is -2.55. The molecule has 1 heterocycles. The lowest BCUT2D eigenvalue weighted by molar-refractivity contribution is -0.123. The highest BCUT2D eigenvalue weighted by Gasteiger charge is 2.26. The van der Waals surface area contributed by atoms with Crippen molar-refractivity contribution in [2.24, 2.45) is 0 Å². The average Bonchev–Trinajstić information content (AvgIpc) is 2.76. The molecule has 0 spiro atoms. The Balaban J connectivity index is 1.38. The van der Waals surface area contributed by atoms with Crippen molar-refractivity contribution in [3.8, 4) is 5.75 Å². The van der Waals surface area contributed by atoms with E-state index >= 15 is 0 Å². The number of aliphatic hydroxyl groups is 1. The van der Waals surface area contributed by atoms with E-state index in [1.807, 2.05) is 11.8 Å². The number of carbonyl (C=O) groups is 1. The number of β-amino-alcohol motifs (C(OH)–C–C–N with tert-alkyl or cyclic N) is 1. The van der Waals surface area contributed by atoms with Gasteiger partial charge in [-0.15, -0.1) is 0 Å². The maximum absolute atomic E-state index is 13.6. The number of amides is 1. The van der Waals surface area contributed by atoms with Gasteiger partial charge in [-0.2, -0.15) is 0 Å². The van der Waals surface area contributed by atoms with E-state index in [0.717, 1.165) is 12.1 Å². The molecule has 0 saturated carbocycles. The summed E-state index contributed by atoms with van der Waals surface area (Å²) in [6.07, 6.45) is -0.775. The molecule has 0 unspecified atom stereocenters. The predicted molar refractivity (Wildman–Crippen MR) is 114 cm³/mol. The van der Waals surface area contributed by atoms with Crippen LogP contribution in [0.5, 0.6) is 5.75 Å². The molecule has 1 amide bonds. The lowest BCUT2D eigenvalue weighted by atomic mass is 10.1. The van der Waals surface area contributed by atoms with Crippen LogP contribution in [0, 0.1) is 17.5 Å². The molecule has 1 saturated heterocycles. The highest BCUT2D eigenvalue weighted by molar-refractivity contribution is 5.78. The van der Waals surface area contributed by atoms with Gasteiger partial charge in [-0.1, -0.05) is 18.2 Å². The Labute approximate surface area is 185 Å². The molecule has 1 aliphatic heterocycles. The Morgan fingerprint density at radius 1 is 1.16 bits per heavy atom. The normalized spacial score (nSPS) is 18.3. The van der Waals surface area contributed by atoms with Crippen molar-refractivity contribution < 1.29 is 27.8 Å². The monoisotopic (exact) mass is 451 g/mol. The minimum absolute atomic E-state index is 0.0136. The number of ether oxygens (including phenoxy) is 1. The Bertz CT molecular complexity index is 915. The van der Waals surface area contributed by atoms with E-state index in [1.54, 1.807) is 12.1 Å². The zero-order valence-corrected chi connectivity index (χ0v) is 17.9. The maximum atomic E-state index is 13.6. The molecule has 0 aliphatic carbocycles. The number of aliphatic hydroxyl groups excluding tert-OH is 1. The third kappa shape index (κ3) is 6.94. The molecule has 0 radical (unpaired) electrons. The van der Waals surface area contributed by atoms with Crippen molar-refractivity contribution in [1.82, 2.24) is 15.1 Å². The standard InChI is InChI=1S/C23H28F3N3O3/c1-16-12-28(14-23(31)27-11-17-6-7-19(24)21(26)10-17)8-9-29(16)13-18(30)15-32-22-5-3-2-4-20(22)25/h2-7,10,16,18,30H,8-9,11-15H2,1H3,(H,27,31)/t16-,18+/m0/s1. The minimum atomic E-state index is -0.941. The van der Waals surface area contributed by atoms with Crippen LogP contribution in [0.25, 0.3) is 0 Å². The van der Waals surface area contributed by atoms with E-state index in [2.05, 4.69) is 10.2 Å². The first-order valence-corrected chi connectivity index (χ1v) is 10.5. The highest BCUT2D eigenvalue weighted by atomic mass is 19.2. The molecule has 1 aliphatic rings. The maximum Gasteiger partial charge on any atom is 0.234 e. The van der Waals surface area contributed by atoms with Crippen molar-refractivity contribution in [1.29, 1.82) is 0 Å². The minimum Gasteiger partial charge on any atom is -0.488 e. The summed E-state index contributed by atoms with van der Waals surface area (Å²) in [6, 6.07) is 9.69. The number of benzene rings is 2. The Hall–Kier alpha value is -2.62. The summed E-state index contributed by atoms with van der Waals surface area (Å²) in [7, 11) is 0. The van der Waals surface area contributed by atoms with Crippen molar-refractivity contribution in [2.75, 3.05) is 39.3 Å². The highest BCUT2D eigenvalue weighted by Crippen LogP contribution is 2.16. The number of para-hydroxylation sites is 1. The first kappa shape index (κ1) is 24.0. The molecule has 0 aromatic heterocycles. The molecule has 1 fully saturated rings. The second kappa shape index (κ2) is 11.3. The van der Waals surface area contributed by atoms with E-state index in [9.17, 15) is 23.1 Å². The molecule has 174 valence electrons. The second-order valence-corrected chi connectivity index (χ2v) is 8.00. The van der Waals surface area contributed by atoms with Gasteiger partial charge in [-0.3, -0.25) is 14.6 Å². The van der Waals surface area contributed by atoms with Gasteiger partial charge in [0.1, 0.15) is 12.7 Å². The third-order valence-electron chi connectivity index (χ3n) is 5.40. The van der Waals surface area contributed by atoms with Crippen LogP contribution in [-0.2, 0) is 11.3 Å². The Morgan fingerprint density at radius 2 is 1.94 bits per heavy atom. The van der Waals surface area contributed by atoms with E-state index in [1.165, 1.54) is 18.2 Å². The SMILES string of the molecule is C[C@H]1CN(CC(=O)NCc2ccc(F)c(F)c2)CCN1C[C@@H](O)COc1ccccc1F. The number of rotatable bonds is 9. The fourth-order valence-electron chi connectivity index (χ4n) is 3.67. The zero-order chi connectivity index (χ0) is 23.1. The smallest absolute Gasteiger partial charge is 0.234 e. The lowest BCUT2D eigenvalue weighted by Gasteiger charge is -2.40. The van der Waals surface area contributed by atoms with Gasteiger partial charge in [0.05, 0.1) is 6.54 Å². The van der Waals surface area contributed by atoms with Crippen LogP contribution in [0.4, 0.5) is 13.2 Å². The molecule has 2 aromatic rings. The van der Waals surface area contributed by atoms with E-state index in [4.69, 9.17) is 4.74 Å². The van der Waals surface area contributed by atoms with Gasteiger partial charge in [-0.25, -0.2) is 13.2 Å². The van der Waals surface area contributed by atoms with Crippen LogP contribution in [0.1, 0.15) is 12.5 Å². The van der Waals surface area contributed by atoms with E-state index in [-0.39, 0.29) is 37.4 Å². The number of nitrogens with one attached hydrogen (secondary N) is 1. The number of carbonyl (C=O) groups excluding carboxylic acids is 1. The molecule has 2 N–H and O–H groups in total. The fourth-order valence-corrected chi connectivity index (χ4v) is 3.67. The third-order valence-corrected chi connectivity index (χ3v) is 5.40. The number of hydrogen-bond donors (Lipinski definition) is 2. The van der Waals surface area contributed by atoms with Crippen LogP contribution in [0.15, 0.2) is 42.5 Å². The van der Waals surface area contributed by atoms with Gasteiger partial charge in [0.2, 0.25) is 5.91 Å². The molecule has 2 aromatic carbocycles. The summed E-state index contributed by atoms with van der Waals surface area (Å²) in [6.45, 7) is 4.64. The van der Waals surface area contributed by atoms with Gasteiger partial charge in [0, 0.05) is 38.8 Å². The largest absolute Gasteiger partial charge is 0.488 e. The summed E-state index contributed by atoms with van der Waals surface area (Å²) in [5, 5.41) is 13.0. The van der Waals surface area contributed by atoms with E-state index in [0.29, 0.717) is 31.7 Å². The second-order valence-electron chi connectivity index (χ2n) is 8.00. The quantitative estimate of drug-likeness (QED) is 0.612. The van der Waals surface area contributed by atoms with E-state index < -0.39 is 23.6 Å². The molecule has 6 nitrogen and oxygen atoms in total. The summed E-state index contributed by atoms with van der Waals surface area (Å²) in [4.78, 5) is 16.3. The number of halogens is 3. The van der Waals surface area contributed by atoms with Crippen molar-refractivity contribution in [2.45, 2.75) is 25.6 Å². The molecule has 3 rings (SSSR count). The fraction of sp³-hybridized carbons (Fsp3) is 0.435. The van der Waals surface area contributed by atoms with Crippen LogP contribution >= 0.6 is 0 Å². The molecule has 0 bridgehead atoms. The van der Waals surface area contributed by atoms with Gasteiger partial charge in [0.15, 0.2) is 23.2 Å². The zero-order valence-electron chi connectivity index (χ0n) is 17.9. The first-order valence-electron chi connectivity index (χ1n) is 10.5. The van der Waals surface area contributed by atoms with Crippen molar-refractivity contribution in [3.63, 3.8) is 0 Å². The van der Waals surface area contributed by atoms with Crippen molar-refractivity contribution in [3.05, 3.63) is 65.5 Å². The van der Waals surface area contributed by atoms with Gasteiger partial charge < -0.3 is 15.2 Å². The predicted octanol–water partition coefficient (Wildman–Crippen LogP) is 2.17. The number of piperazine rings is 1. The summed E-state index contributed by atoms with van der Waals surface area (Å²) in [5.74, 6) is -2.42. The summed E-state index contributed by atoms with van der Waals surface area (Å²) in [5.41, 5.74) is 0.488. The summed E-state index contributed by atoms with van der Waals surface area (Å²) >= 11 is 0. The van der Waals surface area contributed by atoms with Crippen LogP contribution in [0.2, 0.25) is 0 Å². The molecular formula is C23H28F3N3O3. The molecule has 2 atom stereocenters. The molecule has 9 heteroatoms. The summed E-state index contributed by atoms with van der Waals surface area (Å²) < 4.78 is 45.2. The van der Waals surface area contributed by atoms with Crippen molar-refractivity contribution >= 4 is 5.91 Å². The van der Waals surface area contributed by atoms with Gasteiger partial charge in [-0.05, 0) is 36.8 Å².